The van der Waals surface area contributed by atoms with Gasteiger partial charge in [-0.2, -0.15) is 0 Å². The van der Waals surface area contributed by atoms with Crippen molar-refractivity contribution in [3.8, 4) is 0 Å². The van der Waals surface area contributed by atoms with E-state index in [4.69, 9.17) is 5.73 Å². The minimum Gasteiger partial charge on any atom is -0.320 e. The van der Waals surface area contributed by atoms with Crippen molar-refractivity contribution in [3.05, 3.63) is 56.2 Å². The van der Waals surface area contributed by atoms with Crippen molar-refractivity contribution in [3.63, 3.8) is 0 Å². The van der Waals surface area contributed by atoms with Crippen molar-refractivity contribution < 1.29 is 0 Å². The van der Waals surface area contributed by atoms with Gasteiger partial charge in [0.2, 0.25) is 0 Å². The van der Waals surface area contributed by atoms with Gasteiger partial charge in [0.05, 0.1) is 6.04 Å². The number of benzene rings is 1. The van der Waals surface area contributed by atoms with Crippen LogP contribution < -0.4 is 5.73 Å². The van der Waals surface area contributed by atoms with Gasteiger partial charge in [0.15, 0.2) is 0 Å². The normalized spacial score (nSPS) is 12.7. The van der Waals surface area contributed by atoms with Crippen LogP contribution in [0.2, 0.25) is 0 Å². The monoisotopic (exact) mass is 281 g/mol. The smallest absolute Gasteiger partial charge is 0.0646 e. The molecule has 1 nitrogen and oxygen atoms in total. The third kappa shape index (κ3) is 2.48. The van der Waals surface area contributed by atoms with Gasteiger partial charge < -0.3 is 5.73 Å². The van der Waals surface area contributed by atoms with Crippen molar-refractivity contribution in [2.75, 3.05) is 0 Å². The molecule has 1 aromatic heterocycles. The van der Waals surface area contributed by atoms with E-state index >= 15 is 0 Å². The lowest BCUT2D eigenvalue weighted by Crippen LogP contribution is -2.10. The molecule has 3 heteroatoms. The molecule has 0 radical (unpaired) electrons. The van der Waals surface area contributed by atoms with E-state index in [0.29, 0.717) is 0 Å². The highest BCUT2D eigenvalue weighted by Gasteiger charge is 2.10. The molecule has 0 aliphatic carbocycles. The Labute approximate surface area is 102 Å². The van der Waals surface area contributed by atoms with Crippen molar-refractivity contribution >= 4 is 27.3 Å². The highest BCUT2D eigenvalue weighted by atomic mass is 79.9. The van der Waals surface area contributed by atoms with Gasteiger partial charge in [0, 0.05) is 14.7 Å². The van der Waals surface area contributed by atoms with Crippen LogP contribution in [0.5, 0.6) is 0 Å². The predicted molar refractivity (Wildman–Crippen MR) is 69.2 cm³/mol. The molecule has 2 rings (SSSR count). The first-order valence-electron chi connectivity index (χ1n) is 4.73. The molecule has 0 spiro atoms. The van der Waals surface area contributed by atoms with E-state index in [0.717, 1.165) is 4.47 Å². The summed E-state index contributed by atoms with van der Waals surface area (Å²) in [4.78, 5) is 1.19. The first-order chi connectivity index (χ1) is 7.16. The maximum atomic E-state index is 6.19. The van der Waals surface area contributed by atoms with Gasteiger partial charge >= 0.3 is 0 Å². The summed E-state index contributed by atoms with van der Waals surface area (Å²) in [5.41, 5.74) is 8.61. The molecule has 78 valence electrons. The molecular formula is C12H12BrNS. The molecule has 0 bridgehead atoms. The first-order valence-corrected chi connectivity index (χ1v) is 6.40. The number of rotatable bonds is 2. The number of hydrogen-bond donors (Lipinski definition) is 1. The fourth-order valence-corrected chi connectivity index (χ4v) is 2.99. The molecule has 0 amide bonds. The van der Waals surface area contributed by atoms with Crippen LogP contribution in [-0.4, -0.2) is 0 Å². The summed E-state index contributed by atoms with van der Waals surface area (Å²) in [7, 11) is 0. The molecule has 2 aromatic rings. The van der Waals surface area contributed by atoms with Crippen molar-refractivity contribution in [1.82, 2.24) is 0 Å². The number of aryl methyl sites for hydroxylation is 1. The zero-order chi connectivity index (χ0) is 10.8. The topological polar surface area (TPSA) is 26.0 Å². The number of thiophene rings is 1. The Morgan fingerprint density at radius 1 is 1.33 bits per heavy atom. The summed E-state index contributed by atoms with van der Waals surface area (Å²) in [6, 6.07) is 10.4. The van der Waals surface area contributed by atoms with Crippen LogP contribution in [-0.2, 0) is 0 Å². The molecule has 1 aromatic carbocycles. The maximum Gasteiger partial charge on any atom is 0.0646 e. The van der Waals surface area contributed by atoms with Crippen LogP contribution in [0, 0.1) is 6.92 Å². The molecule has 0 saturated heterocycles. The van der Waals surface area contributed by atoms with Gasteiger partial charge in [-0.3, -0.25) is 0 Å². The van der Waals surface area contributed by atoms with E-state index in [-0.39, 0.29) is 6.04 Å². The largest absolute Gasteiger partial charge is 0.320 e. The molecule has 0 aliphatic heterocycles. The van der Waals surface area contributed by atoms with E-state index in [9.17, 15) is 0 Å². The molecule has 1 atom stereocenters. The van der Waals surface area contributed by atoms with E-state index in [1.807, 2.05) is 6.07 Å². The molecule has 1 heterocycles. The van der Waals surface area contributed by atoms with E-state index in [2.05, 4.69) is 52.5 Å². The van der Waals surface area contributed by atoms with Gasteiger partial charge in [0.1, 0.15) is 0 Å². The van der Waals surface area contributed by atoms with Crippen LogP contribution in [0.25, 0.3) is 0 Å². The van der Waals surface area contributed by atoms with Crippen molar-refractivity contribution in [1.29, 1.82) is 0 Å². The van der Waals surface area contributed by atoms with Crippen LogP contribution in [0.3, 0.4) is 0 Å². The maximum absolute atomic E-state index is 6.19. The van der Waals surface area contributed by atoms with Crippen molar-refractivity contribution in [2.45, 2.75) is 13.0 Å². The molecular weight excluding hydrogens is 270 g/mol. The summed E-state index contributed by atoms with van der Waals surface area (Å²) < 4.78 is 1.10. The standard InChI is InChI=1S/C12H12BrNS/c1-8-3-2-4-9(5-8)12(14)11-6-10(13)7-15-11/h2-7,12H,14H2,1H3. The summed E-state index contributed by atoms with van der Waals surface area (Å²) in [6.07, 6.45) is 0. The zero-order valence-electron chi connectivity index (χ0n) is 8.41. The number of halogens is 1. The summed E-state index contributed by atoms with van der Waals surface area (Å²) in [5, 5.41) is 2.06. The second-order valence-corrected chi connectivity index (χ2v) is 5.42. The summed E-state index contributed by atoms with van der Waals surface area (Å²) in [6.45, 7) is 2.08. The quantitative estimate of drug-likeness (QED) is 0.889. The lowest BCUT2D eigenvalue weighted by molar-refractivity contribution is 0.891. The Morgan fingerprint density at radius 2 is 2.13 bits per heavy atom. The van der Waals surface area contributed by atoms with E-state index in [1.165, 1.54) is 16.0 Å². The molecule has 15 heavy (non-hydrogen) atoms. The lowest BCUT2D eigenvalue weighted by atomic mass is 10.0. The summed E-state index contributed by atoms with van der Waals surface area (Å²) >= 11 is 5.13. The van der Waals surface area contributed by atoms with E-state index in [1.54, 1.807) is 11.3 Å². The van der Waals surface area contributed by atoms with Gasteiger partial charge in [-0.15, -0.1) is 11.3 Å². The van der Waals surface area contributed by atoms with Gasteiger partial charge in [-0.1, -0.05) is 29.8 Å². The van der Waals surface area contributed by atoms with Gasteiger partial charge in [0.25, 0.3) is 0 Å². The molecule has 2 N–H and O–H groups in total. The summed E-state index contributed by atoms with van der Waals surface area (Å²) in [5.74, 6) is 0. The van der Waals surface area contributed by atoms with Crippen LogP contribution in [0.15, 0.2) is 40.2 Å². The number of hydrogen-bond acceptors (Lipinski definition) is 2. The lowest BCUT2D eigenvalue weighted by Gasteiger charge is -2.10. The highest BCUT2D eigenvalue weighted by Crippen LogP contribution is 2.28. The SMILES string of the molecule is Cc1cccc(C(N)c2cc(Br)cs2)c1. The molecule has 1 unspecified atom stereocenters. The highest BCUT2D eigenvalue weighted by molar-refractivity contribution is 9.10. The van der Waals surface area contributed by atoms with E-state index < -0.39 is 0 Å². The van der Waals surface area contributed by atoms with Gasteiger partial charge in [-0.05, 0) is 34.5 Å². The predicted octanol–water partition coefficient (Wildman–Crippen LogP) is 3.87. The Hall–Kier alpha value is -0.640. The fraction of sp³-hybridized carbons (Fsp3) is 0.167. The fourth-order valence-electron chi connectivity index (χ4n) is 1.52. The zero-order valence-corrected chi connectivity index (χ0v) is 10.8. The second kappa shape index (κ2) is 4.47. The average Bonchev–Trinajstić information content (AvgIpc) is 2.64. The van der Waals surface area contributed by atoms with Crippen LogP contribution in [0.4, 0.5) is 0 Å². The minimum atomic E-state index is -0.0128. The first kappa shape index (κ1) is 10.9. The second-order valence-electron chi connectivity index (χ2n) is 3.56. The number of nitrogens with two attached hydrogens (primary N) is 1. The average molecular weight is 282 g/mol. The molecule has 0 aliphatic rings. The van der Waals surface area contributed by atoms with Crippen LogP contribution >= 0.6 is 27.3 Å². The van der Waals surface area contributed by atoms with Crippen molar-refractivity contribution in [2.24, 2.45) is 5.73 Å². The Morgan fingerprint density at radius 3 is 2.73 bits per heavy atom. The molecule has 0 saturated carbocycles. The molecule has 0 fully saturated rings. The Balaban J connectivity index is 2.32. The minimum absolute atomic E-state index is 0.0128. The van der Waals surface area contributed by atoms with Gasteiger partial charge in [-0.25, -0.2) is 0 Å². The Bertz CT molecular complexity index is 464. The Kier molecular flexibility index (Phi) is 3.24. The van der Waals surface area contributed by atoms with Crippen LogP contribution in [0.1, 0.15) is 22.0 Å². The third-order valence-electron chi connectivity index (χ3n) is 2.30. The third-order valence-corrected chi connectivity index (χ3v) is 4.07.